The summed E-state index contributed by atoms with van der Waals surface area (Å²) in [4.78, 5) is 13.7. The Hall–Kier alpha value is -1.54. The van der Waals surface area contributed by atoms with Gasteiger partial charge in [0.2, 0.25) is 15.9 Å². The van der Waals surface area contributed by atoms with Gasteiger partial charge in [-0.1, -0.05) is 41.9 Å². The highest BCUT2D eigenvalue weighted by molar-refractivity contribution is 7.99. The van der Waals surface area contributed by atoms with Crippen LogP contribution >= 0.6 is 23.4 Å². The number of aryl methyl sites for hydroxylation is 1. The van der Waals surface area contributed by atoms with Crippen LogP contribution in [0.25, 0.3) is 0 Å². The van der Waals surface area contributed by atoms with Gasteiger partial charge in [-0.2, -0.15) is 0 Å². The van der Waals surface area contributed by atoms with Crippen LogP contribution in [0.5, 0.6) is 0 Å². The number of sulfonamides is 1. The van der Waals surface area contributed by atoms with Crippen molar-refractivity contribution in [1.29, 1.82) is 0 Å². The second kappa shape index (κ2) is 11.9. The topological polar surface area (TPSA) is 66.5 Å². The van der Waals surface area contributed by atoms with E-state index in [4.69, 9.17) is 11.6 Å². The zero-order chi connectivity index (χ0) is 22.1. The van der Waals surface area contributed by atoms with Gasteiger partial charge in [-0.25, -0.2) is 12.7 Å². The average molecular weight is 481 g/mol. The summed E-state index contributed by atoms with van der Waals surface area (Å²) in [7, 11) is -3.35. The van der Waals surface area contributed by atoms with Crippen LogP contribution in [0.3, 0.4) is 0 Å². The molecule has 168 valence electrons. The highest BCUT2D eigenvalue weighted by atomic mass is 35.5. The van der Waals surface area contributed by atoms with Crippen molar-refractivity contribution < 1.29 is 13.2 Å². The number of thioether (sulfide) groups is 1. The number of nitrogens with one attached hydrogen (secondary N) is 1. The fourth-order valence-electron chi connectivity index (χ4n) is 3.66. The zero-order valence-electron chi connectivity index (χ0n) is 17.5. The summed E-state index contributed by atoms with van der Waals surface area (Å²) in [5, 5.41) is 3.67. The van der Waals surface area contributed by atoms with Gasteiger partial charge in [0.15, 0.2) is 0 Å². The number of nitrogens with zero attached hydrogens (tertiary/aromatic N) is 1. The van der Waals surface area contributed by atoms with Crippen LogP contribution in [0.1, 0.15) is 24.8 Å². The number of amides is 1. The predicted octanol–water partition coefficient (Wildman–Crippen LogP) is 4.22. The van der Waals surface area contributed by atoms with Gasteiger partial charge in [-0.05, 0) is 55.5 Å². The molecule has 0 bridgehead atoms. The standard InChI is InChI=1S/C23H29ClN2O3S2/c24-21-10-12-22(13-11-21)30-16-14-25-23(27)20-9-4-15-26(18-20)31(28,29)17-5-8-19-6-2-1-3-7-19/h1-3,6-7,10-13,20H,4-5,8-9,14-18H2,(H,25,27)/t20-/m1/s1. The molecule has 31 heavy (non-hydrogen) atoms. The Morgan fingerprint density at radius 1 is 1.13 bits per heavy atom. The summed E-state index contributed by atoms with van der Waals surface area (Å²) >= 11 is 7.54. The number of carbonyl (C=O) groups excluding carboxylic acids is 1. The first-order valence-corrected chi connectivity index (χ1v) is 13.6. The van der Waals surface area contributed by atoms with Crippen molar-refractivity contribution in [3.8, 4) is 0 Å². The molecule has 2 aromatic carbocycles. The van der Waals surface area contributed by atoms with E-state index in [1.54, 1.807) is 11.8 Å². The highest BCUT2D eigenvalue weighted by Crippen LogP contribution is 2.22. The van der Waals surface area contributed by atoms with Crippen molar-refractivity contribution in [1.82, 2.24) is 9.62 Å². The van der Waals surface area contributed by atoms with E-state index in [2.05, 4.69) is 5.32 Å². The first kappa shape index (κ1) is 24.1. The molecule has 3 rings (SSSR count). The molecule has 1 aliphatic heterocycles. The van der Waals surface area contributed by atoms with E-state index in [9.17, 15) is 13.2 Å². The average Bonchev–Trinajstić information content (AvgIpc) is 2.78. The minimum Gasteiger partial charge on any atom is -0.355 e. The minimum atomic E-state index is -3.35. The van der Waals surface area contributed by atoms with E-state index in [0.717, 1.165) is 35.5 Å². The third kappa shape index (κ3) is 7.83. The van der Waals surface area contributed by atoms with Crippen LogP contribution in [0.4, 0.5) is 0 Å². The molecule has 1 saturated heterocycles. The van der Waals surface area contributed by atoms with E-state index in [0.29, 0.717) is 24.5 Å². The molecule has 2 aromatic rings. The number of rotatable bonds is 10. The van der Waals surface area contributed by atoms with Gasteiger partial charge in [-0.15, -0.1) is 11.8 Å². The number of carbonyl (C=O) groups is 1. The lowest BCUT2D eigenvalue weighted by Gasteiger charge is -2.31. The molecule has 1 aliphatic rings. The first-order chi connectivity index (χ1) is 14.9. The fraction of sp³-hybridized carbons (Fsp3) is 0.435. The van der Waals surface area contributed by atoms with Crippen LogP contribution in [-0.2, 0) is 21.2 Å². The van der Waals surface area contributed by atoms with Gasteiger partial charge in [0, 0.05) is 35.3 Å². The van der Waals surface area contributed by atoms with Crippen molar-refractivity contribution >= 4 is 39.3 Å². The monoisotopic (exact) mass is 480 g/mol. The SMILES string of the molecule is O=C(NCCSc1ccc(Cl)cc1)[C@@H]1CCCN(S(=O)(=O)CCCc2ccccc2)C1. The third-order valence-corrected chi connectivity index (χ3v) is 8.53. The van der Waals surface area contributed by atoms with E-state index in [-0.39, 0.29) is 24.1 Å². The Morgan fingerprint density at radius 3 is 2.61 bits per heavy atom. The summed E-state index contributed by atoms with van der Waals surface area (Å²) in [6.07, 6.45) is 2.77. The van der Waals surface area contributed by atoms with Crippen LogP contribution in [0, 0.1) is 5.92 Å². The molecule has 0 aliphatic carbocycles. The zero-order valence-corrected chi connectivity index (χ0v) is 19.9. The Labute approximate surface area is 194 Å². The van der Waals surface area contributed by atoms with E-state index in [1.807, 2.05) is 54.6 Å². The van der Waals surface area contributed by atoms with Crippen LogP contribution in [-0.4, -0.2) is 49.8 Å². The maximum absolute atomic E-state index is 12.8. The number of hydrogen-bond donors (Lipinski definition) is 1. The summed E-state index contributed by atoms with van der Waals surface area (Å²) in [6, 6.07) is 17.5. The lowest BCUT2D eigenvalue weighted by Crippen LogP contribution is -2.46. The second-order valence-corrected chi connectivity index (χ2v) is 11.4. The molecule has 0 saturated carbocycles. The van der Waals surface area contributed by atoms with Gasteiger partial charge in [0.05, 0.1) is 11.7 Å². The van der Waals surface area contributed by atoms with Crippen LogP contribution < -0.4 is 5.32 Å². The molecule has 1 amide bonds. The largest absolute Gasteiger partial charge is 0.355 e. The Morgan fingerprint density at radius 2 is 1.87 bits per heavy atom. The van der Waals surface area contributed by atoms with Gasteiger partial charge < -0.3 is 5.32 Å². The molecule has 5 nitrogen and oxygen atoms in total. The summed E-state index contributed by atoms with van der Waals surface area (Å²) in [5.41, 5.74) is 1.14. The number of benzene rings is 2. The van der Waals surface area contributed by atoms with Crippen molar-refractivity contribution in [2.75, 3.05) is 31.1 Å². The summed E-state index contributed by atoms with van der Waals surface area (Å²) in [6.45, 7) is 1.33. The normalized spacial score (nSPS) is 17.4. The molecular weight excluding hydrogens is 452 g/mol. The molecule has 0 spiro atoms. The maximum Gasteiger partial charge on any atom is 0.224 e. The van der Waals surface area contributed by atoms with Crippen LogP contribution in [0.15, 0.2) is 59.5 Å². The Balaban J connectivity index is 1.40. The van der Waals surface area contributed by atoms with Gasteiger partial charge >= 0.3 is 0 Å². The smallest absolute Gasteiger partial charge is 0.224 e. The van der Waals surface area contributed by atoms with Crippen molar-refractivity contribution in [2.24, 2.45) is 5.92 Å². The third-order valence-electron chi connectivity index (χ3n) is 5.34. The molecule has 1 fully saturated rings. The quantitative estimate of drug-likeness (QED) is 0.408. The highest BCUT2D eigenvalue weighted by Gasteiger charge is 2.31. The second-order valence-electron chi connectivity index (χ2n) is 7.70. The van der Waals surface area contributed by atoms with E-state index < -0.39 is 10.0 Å². The number of hydrogen-bond acceptors (Lipinski definition) is 4. The van der Waals surface area contributed by atoms with E-state index in [1.165, 1.54) is 4.31 Å². The molecule has 1 atom stereocenters. The summed E-state index contributed by atoms with van der Waals surface area (Å²) in [5.74, 6) is 0.536. The Bertz CT molecular complexity index is 937. The lowest BCUT2D eigenvalue weighted by atomic mass is 9.99. The lowest BCUT2D eigenvalue weighted by molar-refractivity contribution is -0.125. The summed E-state index contributed by atoms with van der Waals surface area (Å²) < 4.78 is 27.0. The molecular formula is C23H29ClN2O3S2. The van der Waals surface area contributed by atoms with Gasteiger partial charge in [-0.3, -0.25) is 4.79 Å². The van der Waals surface area contributed by atoms with Crippen molar-refractivity contribution in [3.63, 3.8) is 0 Å². The van der Waals surface area contributed by atoms with Crippen molar-refractivity contribution in [3.05, 3.63) is 65.2 Å². The van der Waals surface area contributed by atoms with E-state index >= 15 is 0 Å². The predicted molar refractivity (Wildman–Crippen MR) is 128 cm³/mol. The molecule has 0 radical (unpaired) electrons. The Kier molecular flexibility index (Phi) is 9.26. The first-order valence-electron chi connectivity index (χ1n) is 10.6. The van der Waals surface area contributed by atoms with Crippen LogP contribution in [0.2, 0.25) is 5.02 Å². The fourth-order valence-corrected chi connectivity index (χ4v) is 6.14. The molecule has 0 unspecified atom stereocenters. The molecule has 8 heteroatoms. The van der Waals surface area contributed by atoms with Gasteiger partial charge in [0.1, 0.15) is 0 Å². The van der Waals surface area contributed by atoms with Gasteiger partial charge in [0.25, 0.3) is 0 Å². The van der Waals surface area contributed by atoms with Crippen molar-refractivity contribution in [2.45, 2.75) is 30.6 Å². The molecule has 1 N–H and O–H groups in total. The molecule has 1 heterocycles. The number of halogens is 1. The maximum atomic E-state index is 12.8. The molecule has 0 aromatic heterocycles. The minimum absolute atomic E-state index is 0.0547. The number of piperidine rings is 1.